The number of anilines is 1. The number of ether oxygens (including phenoxy) is 1. The highest BCUT2D eigenvalue weighted by Crippen LogP contribution is 2.20. The van der Waals surface area contributed by atoms with E-state index in [0.29, 0.717) is 18.8 Å². The highest BCUT2D eigenvalue weighted by molar-refractivity contribution is 5.91. The number of methoxy groups -OCH3 is 1. The van der Waals surface area contributed by atoms with E-state index in [4.69, 9.17) is 9.15 Å². The largest absolute Gasteiger partial charge is 0.497 e. The van der Waals surface area contributed by atoms with Crippen molar-refractivity contribution in [1.82, 2.24) is 15.5 Å². The maximum Gasteiger partial charge on any atom is 0.287 e. The molecular weight excluding hydrogens is 370 g/mol. The summed E-state index contributed by atoms with van der Waals surface area (Å²) < 4.78 is 10.3. The zero-order valence-corrected chi connectivity index (χ0v) is 17.1. The number of hydrogen-bond donors (Lipinski definition) is 2. The highest BCUT2D eigenvalue weighted by atomic mass is 16.5. The maximum absolute atomic E-state index is 11.9. The fraction of sp³-hybridized carbons (Fsp3) is 0.429. The molecule has 156 valence electrons. The van der Waals surface area contributed by atoms with Crippen LogP contribution in [0.1, 0.15) is 17.5 Å². The van der Waals surface area contributed by atoms with Gasteiger partial charge in [-0.1, -0.05) is 0 Å². The van der Waals surface area contributed by atoms with E-state index in [1.54, 1.807) is 19.2 Å². The number of nitrogens with zero attached hydrogens (tertiary/aromatic N) is 3. The van der Waals surface area contributed by atoms with Gasteiger partial charge >= 0.3 is 0 Å². The molecule has 0 atom stereocenters. The second-order valence-electron chi connectivity index (χ2n) is 6.64. The molecule has 29 heavy (non-hydrogen) atoms. The molecule has 1 aliphatic rings. The molecule has 0 saturated carbocycles. The van der Waals surface area contributed by atoms with Gasteiger partial charge in [0.1, 0.15) is 5.75 Å². The average Bonchev–Trinajstić information content (AvgIpc) is 3.31. The van der Waals surface area contributed by atoms with Gasteiger partial charge in [-0.15, -0.1) is 0 Å². The van der Waals surface area contributed by atoms with Crippen LogP contribution in [0.4, 0.5) is 5.69 Å². The van der Waals surface area contributed by atoms with Gasteiger partial charge in [-0.25, -0.2) is 0 Å². The van der Waals surface area contributed by atoms with Crippen LogP contribution in [-0.2, 0) is 0 Å². The van der Waals surface area contributed by atoms with Gasteiger partial charge in [0.05, 0.1) is 19.9 Å². The summed E-state index contributed by atoms with van der Waals surface area (Å²) in [6.45, 7) is 7.44. The quantitative estimate of drug-likeness (QED) is 0.420. The van der Waals surface area contributed by atoms with E-state index in [1.165, 1.54) is 12.0 Å². The summed E-state index contributed by atoms with van der Waals surface area (Å²) in [5, 5.41) is 6.17. The monoisotopic (exact) mass is 399 g/mol. The molecule has 2 aromatic rings. The van der Waals surface area contributed by atoms with Crippen LogP contribution in [-0.4, -0.2) is 69.7 Å². The fourth-order valence-corrected chi connectivity index (χ4v) is 3.22. The summed E-state index contributed by atoms with van der Waals surface area (Å²) in [5.41, 5.74) is 1.20. The Morgan fingerprint density at radius 2 is 1.90 bits per heavy atom. The zero-order chi connectivity index (χ0) is 20.5. The molecule has 1 aromatic carbocycles. The number of furan rings is 1. The molecule has 0 unspecified atom stereocenters. The Hall–Kier alpha value is -3.16. The van der Waals surface area contributed by atoms with Gasteiger partial charge in [0.15, 0.2) is 11.7 Å². The molecule has 3 rings (SSSR count). The van der Waals surface area contributed by atoms with Crippen molar-refractivity contribution in [3.8, 4) is 5.75 Å². The number of nitrogens with one attached hydrogen (secondary N) is 2. The molecule has 2 heterocycles. The van der Waals surface area contributed by atoms with Gasteiger partial charge in [-0.3, -0.25) is 9.79 Å². The van der Waals surface area contributed by atoms with Crippen LogP contribution in [0, 0.1) is 0 Å². The predicted octanol–water partition coefficient (Wildman–Crippen LogP) is 1.81. The van der Waals surface area contributed by atoms with Crippen LogP contribution in [0.2, 0.25) is 0 Å². The van der Waals surface area contributed by atoms with Gasteiger partial charge < -0.3 is 29.6 Å². The van der Waals surface area contributed by atoms with Crippen molar-refractivity contribution in [1.29, 1.82) is 0 Å². The molecule has 8 nitrogen and oxygen atoms in total. The standard InChI is InChI=1S/C21H29N5O3/c1-3-22-21(24-11-10-23-20(27)19-5-4-16-29-19)26-14-12-25(13-15-26)17-6-8-18(28-2)9-7-17/h4-9,16H,3,10-15H2,1-2H3,(H,22,24)(H,23,27). The Kier molecular flexibility index (Phi) is 7.38. The molecule has 8 heteroatoms. The first kappa shape index (κ1) is 20.6. The van der Waals surface area contributed by atoms with Gasteiger partial charge in [0.25, 0.3) is 5.91 Å². The molecule has 2 N–H and O–H groups in total. The first-order valence-electron chi connectivity index (χ1n) is 9.95. The van der Waals surface area contributed by atoms with Crippen LogP contribution < -0.4 is 20.3 Å². The second-order valence-corrected chi connectivity index (χ2v) is 6.64. The van der Waals surface area contributed by atoms with E-state index >= 15 is 0 Å². The first-order valence-corrected chi connectivity index (χ1v) is 9.95. The average molecular weight is 399 g/mol. The van der Waals surface area contributed by atoms with E-state index in [0.717, 1.165) is 44.4 Å². The van der Waals surface area contributed by atoms with E-state index in [1.807, 2.05) is 12.1 Å². The Morgan fingerprint density at radius 1 is 1.14 bits per heavy atom. The van der Waals surface area contributed by atoms with Crippen molar-refractivity contribution in [2.24, 2.45) is 4.99 Å². The van der Waals surface area contributed by atoms with Gasteiger partial charge in [0, 0.05) is 45.0 Å². The lowest BCUT2D eigenvalue weighted by molar-refractivity contribution is 0.0927. The van der Waals surface area contributed by atoms with Crippen LogP contribution >= 0.6 is 0 Å². The number of guanidine groups is 1. The summed E-state index contributed by atoms with van der Waals surface area (Å²) in [6.07, 6.45) is 1.49. The van der Waals surface area contributed by atoms with E-state index in [9.17, 15) is 4.79 Å². The molecule has 1 aromatic heterocycles. The van der Waals surface area contributed by atoms with Crippen molar-refractivity contribution >= 4 is 17.6 Å². The second kappa shape index (κ2) is 10.4. The number of piperazine rings is 1. The number of carbonyl (C=O) groups is 1. The Bertz CT molecular complexity index is 781. The lowest BCUT2D eigenvalue weighted by Gasteiger charge is -2.37. The van der Waals surface area contributed by atoms with Gasteiger partial charge in [0.2, 0.25) is 0 Å². The minimum atomic E-state index is -0.219. The lowest BCUT2D eigenvalue weighted by atomic mass is 10.2. The first-order chi connectivity index (χ1) is 14.2. The normalized spacial score (nSPS) is 14.6. The van der Waals surface area contributed by atoms with Crippen molar-refractivity contribution < 1.29 is 13.9 Å². The van der Waals surface area contributed by atoms with Gasteiger partial charge in [-0.05, 0) is 43.3 Å². The Labute approximate surface area is 171 Å². The molecule has 0 bridgehead atoms. The van der Waals surface area contributed by atoms with Crippen molar-refractivity contribution in [2.45, 2.75) is 6.92 Å². The number of hydrogen-bond acceptors (Lipinski definition) is 5. The molecule has 1 fully saturated rings. The number of carbonyl (C=O) groups excluding carboxylic acids is 1. The molecule has 1 aliphatic heterocycles. The maximum atomic E-state index is 11.9. The minimum absolute atomic E-state index is 0.219. The summed E-state index contributed by atoms with van der Waals surface area (Å²) in [4.78, 5) is 21.2. The molecular formula is C21H29N5O3. The van der Waals surface area contributed by atoms with Crippen molar-refractivity contribution in [3.63, 3.8) is 0 Å². The minimum Gasteiger partial charge on any atom is -0.497 e. The van der Waals surface area contributed by atoms with Crippen molar-refractivity contribution in [2.75, 3.05) is 57.8 Å². The molecule has 0 aliphatic carbocycles. The third-order valence-corrected chi connectivity index (χ3v) is 4.76. The molecule has 0 radical (unpaired) electrons. The number of rotatable bonds is 7. The van der Waals surface area contributed by atoms with E-state index < -0.39 is 0 Å². The SMILES string of the molecule is CCNC(=NCCNC(=O)c1ccco1)N1CCN(c2ccc(OC)cc2)CC1. The fourth-order valence-electron chi connectivity index (χ4n) is 3.22. The predicted molar refractivity (Wildman–Crippen MR) is 114 cm³/mol. The zero-order valence-electron chi connectivity index (χ0n) is 17.1. The third kappa shape index (κ3) is 5.66. The smallest absolute Gasteiger partial charge is 0.287 e. The summed E-state index contributed by atoms with van der Waals surface area (Å²) in [7, 11) is 1.68. The molecule has 1 amide bonds. The summed E-state index contributed by atoms with van der Waals surface area (Å²) in [6, 6.07) is 11.5. The number of amides is 1. The topological polar surface area (TPSA) is 82.3 Å². The van der Waals surface area contributed by atoms with Crippen LogP contribution in [0.5, 0.6) is 5.75 Å². The number of benzene rings is 1. The van der Waals surface area contributed by atoms with Gasteiger partial charge in [-0.2, -0.15) is 0 Å². The highest BCUT2D eigenvalue weighted by Gasteiger charge is 2.19. The summed E-state index contributed by atoms with van der Waals surface area (Å²) >= 11 is 0. The Balaban J connectivity index is 1.48. The van der Waals surface area contributed by atoms with Crippen LogP contribution in [0.15, 0.2) is 52.1 Å². The number of aliphatic imine (C=N–C) groups is 1. The van der Waals surface area contributed by atoms with E-state index in [-0.39, 0.29) is 5.91 Å². The third-order valence-electron chi connectivity index (χ3n) is 4.76. The molecule has 1 saturated heterocycles. The van der Waals surface area contributed by atoms with Crippen molar-refractivity contribution in [3.05, 3.63) is 48.4 Å². The van der Waals surface area contributed by atoms with Crippen LogP contribution in [0.25, 0.3) is 0 Å². The summed E-state index contributed by atoms with van der Waals surface area (Å²) in [5.74, 6) is 1.85. The Morgan fingerprint density at radius 3 is 2.52 bits per heavy atom. The van der Waals surface area contributed by atoms with Crippen LogP contribution in [0.3, 0.4) is 0 Å². The molecule has 0 spiro atoms. The van der Waals surface area contributed by atoms with E-state index in [2.05, 4.69) is 44.5 Å². The lowest BCUT2D eigenvalue weighted by Crippen LogP contribution is -2.52.